The molecule has 8 heteroatoms. The van der Waals surface area contributed by atoms with Crippen LogP contribution in [0.3, 0.4) is 0 Å². The highest BCUT2D eigenvalue weighted by Crippen LogP contribution is 2.54. The number of nitrogens with zero attached hydrogens (tertiary/aromatic N) is 1. The molecule has 0 aromatic heterocycles. The second kappa shape index (κ2) is 6.54. The van der Waals surface area contributed by atoms with Gasteiger partial charge in [0.05, 0.1) is 27.6 Å². The number of fused-ring (bicyclic) bond motifs is 4. The number of hydrogen-bond acceptors (Lipinski definition) is 4. The molecule has 3 heterocycles. The second-order valence-corrected chi connectivity index (χ2v) is 9.15. The number of nitrogens with one attached hydrogen (secondary N) is 2. The Morgan fingerprint density at radius 1 is 1.00 bits per heavy atom. The van der Waals surface area contributed by atoms with Gasteiger partial charge in [-0.15, -0.1) is 0 Å². The lowest BCUT2D eigenvalue weighted by Crippen LogP contribution is -2.54. The molecule has 2 fully saturated rings. The lowest BCUT2D eigenvalue weighted by Gasteiger charge is -2.30. The van der Waals surface area contributed by atoms with Crippen LogP contribution in [0.2, 0.25) is 10.0 Å². The Hall–Kier alpha value is -2.41. The van der Waals surface area contributed by atoms with Crippen molar-refractivity contribution < 1.29 is 14.4 Å². The number of amides is 3. The molecule has 6 nitrogen and oxygen atoms in total. The summed E-state index contributed by atoms with van der Waals surface area (Å²) in [5, 5.41) is 6.88. The van der Waals surface area contributed by atoms with Gasteiger partial charge in [-0.05, 0) is 30.2 Å². The zero-order chi connectivity index (χ0) is 21.4. The van der Waals surface area contributed by atoms with Crippen LogP contribution in [0.1, 0.15) is 19.4 Å². The molecule has 1 spiro atoms. The maximum absolute atomic E-state index is 13.7. The molecule has 4 atom stereocenters. The van der Waals surface area contributed by atoms with Crippen LogP contribution < -0.4 is 15.5 Å². The molecule has 0 saturated carbocycles. The van der Waals surface area contributed by atoms with Gasteiger partial charge >= 0.3 is 0 Å². The first-order valence-electron chi connectivity index (χ1n) is 9.79. The summed E-state index contributed by atoms with van der Waals surface area (Å²) in [7, 11) is 0. The van der Waals surface area contributed by atoms with Gasteiger partial charge in [0.15, 0.2) is 0 Å². The normalized spacial score (nSPS) is 29.7. The van der Waals surface area contributed by atoms with E-state index in [-0.39, 0.29) is 28.8 Å². The van der Waals surface area contributed by atoms with Gasteiger partial charge in [0.25, 0.3) is 0 Å². The Morgan fingerprint density at radius 2 is 1.73 bits per heavy atom. The fourth-order valence-corrected chi connectivity index (χ4v) is 5.43. The fraction of sp³-hybridized carbons (Fsp3) is 0.318. The molecule has 0 aliphatic carbocycles. The Morgan fingerprint density at radius 3 is 2.43 bits per heavy atom. The largest absolute Gasteiger partial charge is 0.324 e. The van der Waals surface area contributed by atoms with Crippen LogP contribution in [-0.4, -0.2) is 23.8 Å². The zero-order valence-corrected chi connectivity index (χ0v) is 17.8. The lowest BCUT2D eigenvalue weighted by molar-refractivity contribution is -0.130. The van der Waals surface area contributed by atoms with E-state index in [0.717, 1.165) is 4.90 Å². The highest BCUT2D eigenvalue weighted by molar-refractivity contribution is 6.42. The molecule has 5 rings (SSSR count). The fourth-order valence-electron chi connectivity index (χ4n) is 5.14. The number of hydrogen-bond donors (Lipinski definition) is 2. The summed E-state index contributed by atoms with van der Waals surface area (Å²) in [5.41, 5.74) is 0.434. The van der Waals surface area contributed by atoms with E-state index < -0.39 is 23.3 Å². The molecule has 3 amide bonds. The summed E-state index contributed by atoms with van der Waals surface area (Å²) < 4.78 is 0. The minimum absolute atomic E-state index is 0.0305. The number of rotatable bonds is 2. The molecule has 2 aromatic rings. The van der Waals surface area contributed by atoms with Gasteiger partial charge in [-0.1, -0.05) is 55.2 Å². The molecular weight excluding hydrogens is 425 g/mol. The molecule has 154 valence electrons. The lowest BCUT2D eigenvalue weighted by atomic mass is 9.76. The first kappa shape index (κ1) is 19.5. The van der Waals surface area contributed by atoms with Gasteiger partial charge in [0.2, 0.25) is 17.7 Å². The van der Waals surface area contributed by atoms with Crippen LogP contribution in [0.4, 0.5) is 11.4 Å². The van der Waals surface area contributed by atoms with E-state index in [1.54, 1.807) is 18.2 Å². The maximum Gasteiger partial charge on any atom is 0.250 e. The van der Waals surface area contributed by atoms with Crippen LogP contribution in [0.25, 0.3) is 0 Å². The van der Waals surface area contributed by atoms with Gasteiger partial charge < -0.3 is 5.32 Å². The number of halogens is 2. The Kier molecular flexibility index (Phi) is 4.26. The summed E-state index contributed by atoms with van der Waals surface area (Å²) >= 11 is 12.2. The van der Waals surface area contributed by atoms with Crippen molar-refractivity contribution in [3.63, 3.8) is 0 Å². The summed E-state index contributed by atoms with van der Waals surface area (Å²) in [6.07, 6.45) is 0. The minimum Gasteiger partial charge on any atom is -0.324 e. The van der Waals surface area contributed by atoms with Crippen LogP contribution in [0, 0.1) is 17.8 Å². The van der Waals surface area contributed by atoms with Crippen molar-refractivity contribution in [1.82, 2.24) is 5.32 Å². The van der Waals surface area contributed by atoms with Crippen molar-refractivity contribution >= 4 is 52.3 Å². The maximum atomic E-state index is 13.7. The van der Waals surface area contributed by atoms with Gasteiger partial charge in [0.1, 0.15) is 5.54 Å². The summed E-state index contributed by atoms with van der Waals surface area (Å²) in [5.74, 6) is -2.53. The SMILES string of the molecule is CC(C)[C@@H]1N[C@]2(C(=O)Nc3ccccc32)[C@@H]2C(=O)N(c3ccc(Cl)c(Cl)c3)C(=O)[C@@H]21. The molecule has 30 heavy (non-hydrogen) atoms. The van der Waals surface area contributed by atoms with Crippen LogP contribution >= 0.6 is 23.2 Å². The molecule has 3 aliphatic heterocycles. The molecule has 0 bridgehead atoms. The zero-order valence-electron chi connectivity index (χ0n) is 16.3. The van der Waals surface area contributed by atoms with E-state index in [4.69, 9.17) is 23.2 Å². The average Bonchev–Trinajstić information content (AvgIpc) is 3.30. The third-order valence-electron chi connectivity index (χ3n) is 6.44. The van der Waals surface area contributed by atoms with E-state index in [1.165, 1.54) is 6.07 Å². The standard InChI is InChI=1S/C22H19Cl2N3O3/c1-10(2)18-16-17(22(26-18)12-5-3-4-6-15(12)25-21(22)30)20(29)27(19(16)28)11-7-8-13(23)14(24)9-11/h3-10,16-18,26H,1-2H3,(H,25,30)/t16-,17-,18-,22-/m0/s1. The number of carbonyl (C=O) groups is 3. The van der Waals surface area contributed by atoms with Gasteiger partial charge in [-0.3, -0.25) is 19.7 Å². The van der Waals surface area contributed by atoms with Gasteiger partial charge in [-0.25, -0.2) is 4.90 Å². The third-order valence-corrected chi connectivity index (χ3v) is 7.18. The first-order valence-corrected chi connectivity index (χ1v) is 10.5. The van der Waals surface area contributed by atoms with Crippen LogP contribution in [0.5, 0.6) is 0 Å². The summed E-state index contributed by atoms with van der Waals surface area (Å²) in [6.45, 7) is 3.96. The van der Waals surface area contributed by atoms with Gasteiger partial charge in [0, 0.05) is 17.3 Å². The molecule has 3 aliphatic rings. The molecule has 0 unspecified atom stereocenters. The third kappa shape index (κ3) is 2.38. The van der Waals surface area contributed by atoms with Crippen molar-refractivity contribution in [2.75, 3.05) is 10.2 Å². The topological polar surface area (TPSA) is 78.5 Å². The molecule has 2 N–H and O–H groups in total. The predicted octanol–water partition coefficient (Wildman–Crippen LogP) is 3.57. The van der Waals surface area contributed by atoms with Crippen molar-refractivity contribution in [2.45, 2.75) is 25.4 Å². The average molecular weight is 444 g/mol. The number of anilines is 2. The highest BCUT2D eigenvalue weighted by Gasteiger charge is 2.70. The number of para-hydroxylation sites is 1. The minimum atomic E-state index is -1.28. The smallest absolute Gasteiger partial charge is 0.250 e. The monoisotopic (exact) mass is 443 g/mol. The molecule has 2 aromatic carbocycles. The van der Waals surface area contributed by atoms with E-state index in [9.17, 15) is 14.4 Å². The molecule has 2 saturated heterocycles. The van der Waals surface area contributed by atoms with Crippen LogP contribution in [-0.2, 0) is 19.9 Å². The quantitative estimate of drug-likeness (QED) is 0.695. The number of carbonyl (C=O) groups excluding carboxylic acids is 3. The van der Waals surface area contributed by atoms with Crippen molar-refractivity contribution in [2.24, 2.45) is 17.8 Å². The highest BCUT2D eigenvalue weighted by atomic mass is 35.5. The van der Waals surface area contributed by atoms with E-state index in [2.05, 4.69) is 10.6 Å². The van der Waals surface area contributed by atoms with Crippen LogP contribution in [0.15, 0.2) is 42.5 Å². The van der Waals surface area contributed by atoms with Crippen molar-refractivity contribution in [3.05, 3.63) is 58.1 Å². The summed E-state index contributed by atoms with van der Waals surface area (Å²) in [4.78, 5) is 41.6. The van der Waals surface area contributed by atoms with E-state index >= 15 is 0 Å². The molecule has 0 radical (unpaired) electrons. The second-order valence-electron chi connectivity index (χ2n) is 8.34. The van der Waals surface area contributed by atoms with Gasteiger partial charge in [-0.2, -0.15) is 0 Å². The number of imide groups is 1. The predicted molar refractivity (Wildman–Crippen MR) is 114 cm³/mol. The Labute approximate surface area is 183 Å². The molecular formula is C22H19Cl2N3O3. The Bertz CT molecular complexity index is 1120. The van der Waals surface area contributed by atoms with Crippen molar-refractivity contribution in [3.8, 4) is 0 Å². The van der Waals surface area contributed by atoms with E-state index in [1.807, 2.05) is 32.0 Å². The summed E-state index contributed by atoms with van der Waals surface area (Å²) in [6, 6.07) is 11.6. The van der Waals surface area contributed by atoms with E-state index in [0.29, 0.717) is 22.0 Å². The van der Waals surface area contributed by atoms with Crippen molar-refractivity contribution in [1.29, 1.82) is 0 Å². The first-order chi connectivity index (χ1) is 14.3. The number of benzene rings is 2. The Balaban J connectivity index is 1.68.